The molecule has 0 saturated carbocycles. The minimum atomic E-state index is 0.0618. The van der Waals surface area contributed by atoms with Crippen molar-refractivity contribution in [2.75, 3.05) is 20.1 Å². The molecule has 0 aliphatic carbocycles. The summed E-state index contributed by atoms with van der Waals surface area (Å²) in [7, 11) is 1.85. The van der Waals surface area contributed by atoms with Crippen molar-refractivity contribution in [2.24, 2.45) is 11.7 Å². The minimum absolute atomic E-state index is 0.0618. The molecule has 0 fully saturated rings. The topological polar surface area (TPSA) is 46.3 Å². The fraction of sp³-hybridized carbons (Fsp3) is 0.471. The predicted molar refractivity (Wildman–Crippen MR) is 83.5 cm³/mol. The fourth-order valence-electron chi connectivity index (χ4n) is 1.98. The van der Waals surface area contributed by atoms with Gasteiger partial charge in [0.05, 0.1) is 6.54 Å². The molecule has 1 rings (SSSR count). The summed E-state index contributed by atoms with van der Waals surface area (Å²) in [6, 6.07) is 5.63. The first-order chi connectivity index (χ1) is 9.49. The van der Waals surface area contributed by atoms with Crippen LogP contribution >= 0.6 is 0 Å². The number of hydrogen-bond donors (Lipinski definition) is 1. The van der Waals surface area contributed by atoms with Crippen molar-refractivity contribution in [3.05, 3.63) is 34.9 Å². The third kappa shape index (κ3) is 4.40. The van der Waals surface area contributed by atoms with Gasteiger partial charge in [-0.05, 0) is 36.6 Å². The Kier molecular flexibility index (Phi) is 6.27. The van der Waals surface area contributed by atoms with Crippen LogP contribution in [0.3, 0.4) is 0 Å². The first-order valence-electron chi connectivity index (χ1n) is 7.04. The lowest BCUT2D eigenvalue weighted by molar-refractivity contribution is 0.0775. The number of benzene rings is 1. The molecule has 2 N–H and O–H groups in total. The van der Waals surface area contributed by atoms with Gasteiger partial charge in [0.1, 0.15) is 0 Å². The van der Waals surface area contributed by atoms with Gasteiger partial charge in [0.2, 0.25) is 0 Å². The SMILES string of the molecule is CCC(C)CN(C)C(=O)c1ccc(C#CCN)c(C)c1. The molecule has 1 unspecified atom stereocenters. The lowest BCUT2D eigenvalue weighted by atomic mass is 10.0. The molecule has 0 aromatic heterocycles. The summed E-state index contributed by atoms with van der Waals surface area (Å²) < 4.78 is 0. The summed E-state index contributed by atoms with van der Waals surface area (Å²) >= 11 is 0. The Morgan fingerprint density at radius 1 is 1.45 bits per heavy atom. The number of aryl methyl sites for hydroxylation is 1. The van der Waals surface area contributed by atoms with Gasteiger partial charge >= 0.3 is 0 Å². The van der Waals surface area contributed by atoms with Crippen molar-refractivity contribution in [3.63, 3.8) is 0 Å². The highest BCUT2D eigenvalue weighted by Crippen LogP contribution is 2.13. The molecule has 1 aromatic rings. The molecule has 1 amide bonds. The van der Waals surface area contributed by atoms with E-state index in [0.717, 1.165) is 24.1 Å². The molecule has 0 saturated heterocycles. The van der Waals surface area contributed by atoms with E-state index in [1.54, 1.807) is 4.90 Å². The number of carbonyl (C=O) groups excluding carboxylic acids is 1. The summed E-state index contributed by atoms with van der Waals surface area (Å²) in [5.74, 6) is 6.42. The Morgan fingerprint density at radius 2 is 2.15 bits per heavy atom. The zero-order valence-electron chi connectivity index (χ0n) is 12.9. The number of hydrogen-bond acceptors (Lipinski definition) is 2. The summed E-state index contributed by atoms with van der Waals surface area (Å²) in [6.07, 6.45) is 1.07. The minimum Gasteiger partial charge on any atom is -0.341 e. The van der Waals surface area contributed by atoms with E-state index in [1.165, 1.54) is 0 Å². The van der Waals surface area contributed by atoms with Crippen molar-refractivity contribution in [2.45, 2.75) is 27.2 Å². The van der Waals surface area contributed by atoms with Crippen LogP contribution < -0.4 is 5.73 Å². The molecule has 0 spiro atoms. The number of amides is 1. The van der Waals surface area contributed by atoms with Crippen molar-refractivity contribution in [1.82, 2.24) is 4.90 Å². The quantitative estimate of drug-likeness (QED) is 0.856. The Morgan fingerprint density at radius 3 is 2.70 bits per heavy atom. The molecule has 1 aromatic carbocycles. The third-order valence-corrected chi connectivity index (χ3v) is 3.43. The number of carbonyl (C=O) groups is 1. The van der Waals surface area contributed by atoms with E-state index in [2.05, 4.69) is 25.7 Å². The molecule has 0 aliphatic heterocycles. The van der Waals surface area contributed by atoms with E-state index in [0.29, 0.717) is 18.0 Å². The smallest absolute Gasteiger partial charge is 0.253 e. The van der Waals surface area contributed by atoms with Crippen LogP contribution in [-0.4, -0.2) is 30.9 Å². The van der Waals surface area contributed by atoms with E-state index in [9.17, 15) is 4.79 Å². The van der Waals surface area contributed by atoms with Gasteiger partial charge in [-0.25, -0.2) is 0 Å². The molecule has 108 valence electrons. The van der Waals surface area contributed by atoms with Gasteiger partial charge in [-0.2, -0.15) is 0 Å². The van der Waals surface area contributed by atoms with E-state index in [-0.39, 0.29) is 5.91 Å². The van der Waals surface area contributed by atoms with Gasteiger partial charge in [0.25, 0.3) is 5.91 Å². The second kappa shape index (κ2) is 7.72. The van der Waals surface area contributed by atoms with Gasteiger partial charge < -0.3 is 10.6 Å². The molecular formula is C17H24N2O. The summed E-state index contributed by atoms with van der Waals surface area (Å²) in [5.41, 5.74) is 8.02. The van der Waals surface area contributed by atoms with Crippen LogP contribution in [0.2, 0.25) is 0 Å². The summed E-state index contributed by atoms with van der Waals surface area (Å²) in [6.45, 7) is 7.38. The maximum Gasteiger partial charge on any atom is 0.253 e. The highest BCUT2D eigenvalue weighted by Gasteiger charge is 2.14. The normalized spacial score (nSPS) is 11.4. The Labute approximate surface area is 122 Å². The van der Waals surface area contributed by atoms with E-state index >= 15 is 0 Å². The molecule has 0 heterocycles. The first kappa shape index (κ1) is 16.3. The third-order valence-electron chi connectivity index (χ3n) is 3.43. The molecule has 0 aliphatic rings. The van der Waals surface area contributed by atoms with Gasteiger partial charge in [-0.1, -0.05) is 32.1 Å². The molecule has 20 heavy (non-hydrogen) atoms. The van der Waals surface area contributed by atoms with E-state index in [4.69, 9.17) is 5.73 Å². The maximum absolute atomic E-state index is 12.3. The molecule has 3 heteroatoms. The van der Waals surface area contributed by atoms with Gasteiger partial charge in [-0.3, -0.25) is 4.79 Å². The van der Waals surface area contributed by atoms with Gasteiger partial charge in [-0.15, -0.1) is 0 Å². The highest BCUT2D eigenvalue weighted by molar-refractivity contribution is 5.94. The first-order valence-corrected chi connectivity index (χ1v) is 7.04. The summed E-state index contributed by atoms with van der Waals surface area (Å²) in [5, 5.41) is 0. The van der Waals surface area contributed by atoms with Crippen LogP contribution in [0.25, 0.3) is 0 Å². The van der Waals surface area contributed by atoms with Crippen molar-refractivity contribution >= 4 is 5.91 Å². The monoisotopic (exact) mass is 272 g/mol. The molecule has 0 radical (unpaired) electrons. The van der Waals surface area contributed by atoms with Crippen LogP contribution in [0.5, 0.6) is 0 Å². The van der Waals surface area contributed by atoms with Crippen molar-refractivity contribution < 1.29 is 4.79 Å². The average molecular weight is 272 g/mol. The molecule has 0 bridgehead atoms. The van der Waals surface area contributed by atoms with Crippen molar-refractivity contribution in [3.8, 4) is 11.8 Å². The van der Waals surface area contributed by atoms with Gasteiger partial charge in [0.15, 0.2) is 0 Å². The van der Waals surface area contributed by atoms with Crippen LogP contribution in [0.15, 0.2) is 18.2 Å². The number of nitrogens with zero attached hydrogens (tertiary/aromatic N) is 1. The van der Waals surface area contributed by atoms with Crippen molar-refractivity contribution in [1.29, 1.82) is 0 Å². The number of nitrogens with two attached hydrogens (primary N) is 1. The predicted octanol–water partition coefficient (Wildman–Crippen LogP) is 2.42. The summed E-state index contributed by atoms with van der Waals surface area (Å²) in [4.78, 5) is 14.1. The lowest BCUT2D eigenvalue weighted by Crippen LogP contribution is -2.30. The van der Waals surface area contributed by atoms with Crippen LogP contribution in [0, 0.1) is 24.7 Å². The van der Waals surface area contributed by atoms with Crippen LogP contribution in [0.1, 0.15) is 41.8 Å². The highest BCUT2D eigenvalue weighted by atomic mass is 16.2. The van der Waals surface area contributed by atoms with Crippen LogP contribution in [0.4, 0.5) is 0 Å². The molecular weight excluding hydrogens is 248 g/mol. The Balaban J connectivity index is 2.87. The average Bonchev–Trinajstić information content (AvgIpc) is 2.44. The van der Waals surface area contributed by atoms with E-state index in [1.807, 2.05) is 32.2 Å². The zero-order valence-corrected chi connectivity index (χ0v) is 12.9. The second-order valence-electron chi connectivity index (χ2n) is 5.23. The van der Waals surface area contributed by atoms with Gasteiger partial charge in [0, 0.05) is 24.7 Å². The zero-order chi connectivity index (χ0) is 15.1. The molecule has 3 nitrogen and oxygen atoms in total. The maximum atomic E-state index is 12.3. The second-order valence-corrected chi connectivity index (χ2v) is 5.23. The largest absolute Gasteiger partial charge is 0.341 e. The van der Waals surface area contributed by atoms with E-state index < -0.39 is 0 Å². The Hall–Kier alpha value is -1.79. The standard InChI is InChI=1S/C17H24N2O/c1-5-13(2)12-19(4)17(20)16-9-8-15(7-6-10-18)14(3)11-16/h8-9,11,13H,5,10,12,18H2,1-4H3. The lowest BCUT2D eigenvalue weighted by Gasteiger charge is -2.21. The molecule has 1 atom stereocenters. The van der Waals surface area contributed by atoms with Crippen LogP contribution in [-0.2, 0) is 0 Å². The Bertz CT molecular complexity index is 526. The number of rotatable bonds is 4. The fourth-order valence-corrected chi connectivity index (χ4v) is 1.98.